The summed E-state index contributed by atoms with van der Waals surface area (Å²) in [4.78, 5) is 27.3. The van der Waals surface area contributed by atoms with Gasteiger partial charge in [-0.05, 0) is 6.92 Å². The van der Waals surface area contributed by atoms with Crippen molar-refractivity contribution in [1.29, 1.82) is 0 Å². The minimum atomic E-state index is -1.46. The number of nitrogens with zero attached hydrogens (tertiary/aromatic N) is 2. The van der Waals surface area contributed by atoms with Crippen molar-refractivity contribution in [1.82, 2.24) is 14.7 Å². The van der Waals surface area contributed by atoms with E-state index in [1.807, 2.05) is 16.0 Å². The van der Waals surface area contributed by atoms with Crippen LogP contribution in [0.2, 0.25) is 0 Å². The molecule has 8 heteroatoms. The molecule has 108 valence electrons. The number of carboxylic acid groups (broad SMARTS) is 1. The summed E-state index contributed by atoms with van der Waals surface area (Å²) in [6.45, 7) is 1.26. The van der Waals surface area contributed by atoms with Crippen LogP contribution in [-0.4, -0.2) is 43.6 Å². The Hall–Kier alpha value is -1.93. The zero-order valence-electron chi connectivity index (χ0n) is 10.9. The molecule has 0 radical (unpaired) electrons. The fourth-order valence-corrected chi connectivity index (χ4v) is 2.48. The molecule has 0 aliphatic heterocycles. The minimum Gasteiger partial charge on any atom is -0.481 e. The number of nitrogens with one attached hydrogen (secondary N) is 1. The Morgan fingerprint density at radius 2 is 2.30 bits per heavy atom. The third-order valence-electron chi connectivity index (χ3n) is 2.68. The van der Waals surface area contributed by atoms with Crippen LogP contribution >= 0.6 is 11.3 Å². The van der Waals surface area contributed by atoms with Crippen LogP contribution in [0.4, 0.5) is 0 Å². The Labute approximate surface area is 118 Å². The number of hydrogen-bond donors (Lipinski definition) is 3. The van der Waals surface area contributed by atoms with Gasteiger partial charge in [0, 0.05) is 24.3 Å². The minimum absolute atomic E-state index is 0.0948. The van der Waals surface area contributed by atoms with Gasteiger partial charge in [-0.15, -0.1) is 11.3 Å². The summed E-state index contributed by atoms with van der Waals surface area (Å²) in [5, 5.41) is 22.8. The molecule has 0 fully saturated rings. The molecular formula is C12H15N3O4S. The van der Waals surface area contributed by atoms with E-state index in [9.17, 15) is 14.7 Å². The largest absolute Gasteiger partial charge is 0.481 e. The maximum absolute atomic E-state index is 11.7. The summed E-state index contributed by atoms with van der Waals surface area (Å²) in [5.41, 5.74) is -0.831. The second kappa shape index (κ2) is 5.59. The molecular weight excluding hydrogens is 282 g/mol. The van der Waals surface area contributed by atoms with Gasteiger partial charge in [0.25, 0.3) is 0 Å². The lowest BCUT2D eigenvalue weighted by Crippen LogP contribution is -2.42. The first-order valence-electron chi connectivity index (χ1n) is 5.98. The quantitative estimate of drug-likeness (QED) is 0.710. The highest BCUT2D eigenvalue weighted by molar-refractivity contribution is 7.15. The van der Waals surface area contributed by atoms with Crippen LogP contribution in [0.15, 0.2) is 17.8 Å². The van der Waals surface area contributed by atoms with E-state index in [2.05, 4.69) is 10.3 Å². The van der Waals surface area contributed by atoms with Crippen LogP contribution in [0.1, 0.15) is 19.0 Å². The molecule has 0 aliphatic carbocycles. The van der Waals surface area contributed by atoms with Gasteiger partial charge in [-0.3, -0.25) is 14.0 Å². The van der Waals surface area contributed by atoms with Gasteiger partial charge >= 0.3 is 5.97 Å². The fraction of sp³-hybridized carbons (Fsp3) is 0.417. The number of thiazole rings is 1. The van der Waals surface area contributed by atoms with Gasteiger partial charge in [-0.2, -0.15) is 0 Å². The number of rotatable bonds is 6. The van der Waals surface area contributed by atoms with E-state index in [1.165, 1.54) is 18.3 Å². The van der Waals surface area contributed by atoms with Gasteiger partial charge in [0.05, 0.1) is 24.1 Å². The highest BCUT2D eigenvalue weighted by Crippen LogP contribution is 2.12. The Bertz CT molecular complexity index is 603. The van der Waals surface area contributed by atoms with Crippen LogP contribution in [-0.2, 0) is 16.0 Å². The average Bonchev–Trinajstić information content (AvgIpc) is 2.85. The molecule has 0 spiro atoms. The van der Waals surface area contributed by atoms with Crippen LogP contribution in [0, 0.1) is 0 Å². The summed E-state index contributed by atoms with van der Waals surface area (Å²) >= 11 is 1.47. The number of carboxylic acids is 1. The monoisotopic (exact) mass is 297 g/mol. The van der Waals surface area contributed by atoms with Crippen molar-refractivity contribution < 1.29 is 19.8 Å². The Kier molecular flexibility index (Phi) is 4.05. The third kappa shape index (κ3) is 3.78. The van der Waals surface area contributed by atoms with Crippen molar-refractivity contribution in [3.05, 3.63) is 23.5 Å². The molecule has 2 rings (SSSR count). The predicted molar refractivity (Wildman–Crippen MR) is 72.7 cm³/mol. The van der Waals surface area contributed by atoms with Crippen molar-refractivity contribution in [3.8, 4) is 0 Å². The summed E-state index contributed by atoms with van der Waals surface area (Å²) in [6, 6.07) is 0. The average molecular weight is 297 g/mol. The highest BCUT2D eigenvalue weighted by atomic mass is 32.1. The second-order valence-electron chi connectivity index (χ2n) is 4.85. The summed E-state index contributed by atoms with van der Waals surface area (Å²) in [5.74, 6) is -1.42. The molecule has 3 N–H and O–H groups in total. The zero-order valence-corrected chi connectivity index (χ0v) is 11.7. The van der Waals surface area contributed by atoms with Gasteiger partial charge in [-0.25, -0.2) is 4.98 Å². The van der Waals surface area contributed by atoms with E-state index >= 15 is 0 Å². The van der Waals surface area contributed by atoms with Crippen LogP contribution in [0.3, 0.4) is 0 Å². The normalized spacial score (nSPS) is 14.1. The van der Waals surface area contributed by atoms with Gasteiger partial charge in [0.2, 0.25) is 5.91 Å². The number of imidazole rings is 1. The van der Waals surface area contributed by atoms with Crippen LogP contribution in [0.5, 0.6) is 0 Å². The van der Waals surface area contributed by atoms with Crippen molar-refractivity contribution >= 4 is 28.2 Å². The Morgan fingerprint density at radius 3 is 2.95 bits per heavy atom. The van der Waals surface area contributed by atoms with E-state index in [0.29, 0.717) is 5.69 Å². The standard InChI is InChI=1S/C12H15N3O4S/c1-12(19,5-10(17)18)7-13-9(16)4-8-6-15-2-3-20-11(15)14-8/h2-3,6,19H,4-5,7H2,1H3,(H,13,16)(H,17,18). The molecule has 0 aliphatic rings. The number of fused-ring (bicyclic) bond motifs is 1. The van der Waals surface area contributed by atoms with Crippen LogP contribution < -0.4 is 5.32 Å². The molecule has 0 aromatic carbocycles. The molecule has 1 amide bonds. The SMILES string of the molecule is CC(O)(CNC(=O)Cc1cn2ccsc2n1)CC(=O)O. The Morgan fingerprint density at radius 1 is 1.55 bits per heavy atom. The van der Waals surface area contributed by atoms with Crippen LogP contribution in [0.25, 0.3) is 4.96 Å². The van der Waals surface area contributed by atoms with E-state index in [-0.39, 0.29) is 18.9 Å². The van der Waals surface area contributed by atoms with Crippen molar-refractivity contribution in [2.24, 2.45) is 0 Å². The van der Waals surface area contributed by atoms with E-state index < -0.39 is 18.0 Å². The highest BCUT2D eigenvalue weighted by Gasteiger charge is 2.24. The predicted octanol–water partition coefficient (Wildman–Crippen LogP) is 0.280. The molecule has 0 bridgehead atoms. The number of aliphatic hydroxyl groups is 1. The van der Waals surface area contributed by atoms with Gasteiger partial charge in [-0.1, -0.05) is 0 Å². The van der Waals surface area contributed by atoms with E-state index in [0.717, 1.165) is 4.96 Å². The van der Waals surface area contributed by atoms with E-state index in [4.69, 9.17) is 5.11 Å². The summed E-state index contributed by atoms with van der Waals surface area (Å²) < 4.78 is 1.83. The van der Waals surface area contributed by atoms with Crippen molar-refractivity contribution in [2.75, 3.05) is 6.54 Å². The topological polar surface area (TPSA) is 104 Å². The first-order valence-corrected chi connectivity index (χ1v) is 6.86. The van der Waals surface area contributed by atoms with E-state index in [1.54, 1.807) is 6.20 Å². The van der Waals surface area contributed by atoms with Gasteiger partial charge < -0.3 is 15.5 Å². The summed E-state index contributed by atoms with van der Waals surface area (Å²) in [6.07, 6.45) is 3.29. The second-order valence-corrected chi connectivity index (χ2v) is 5.72. The maximum atomic E-state index is 11.7. The smallest absolute Gasteiger partial charge is 0.306 e. The first kappa shape index (κ1) is 14.5. The molecule has 2 aromatic heterocycles. The lowest BCUT2D eigenvalue weighted by Gasteiger charge is -2.21. The van der Waals surface area contributed by atoms with Gasteiger partial charge in [0.15, 0.2) is 4.96 Å². The third-order valence-corrected chi connectivity index (χ3v) is 3.45. The lowest BCUT2D eigenvalue weighted by atomic mass is 10.0. The molecule has 7 nitrogen and oxygen atoms in total. The molecule has 0 saturated carbocycles. The molecule has 2 heterocycles. The first-order chi connectivity index (χ1) is 9.35. The number of aromatic nitrogens is 2. The maximum Gasteiger partial charge on any atom is 0.306 e. The number of carbonyl (C=O) groups is 2. The number of amides is 1. The Balaban J connectivity index is 1.86. The number of hydrogen-bond acceptors (Lipinski definition) is 5. The lowest BCUT2D eigenvalue weighted by molar-refractivity contribution is -0.142. The molecule has 1 unspecified atom stereocenters. The zero-order chi connectivity index (χ0) is 14.8. The molecule has 20 heavy (non-hydrogen) atoms. The molecule has 2 aromatic rings. The number of aliphatic carboxylic acids is 1. The van der Waals surface area contributed by atoms with Crippen molar-refractivity contribution in [3.63, 3.8) is 0 Å². The number of carbonyl (C=O) groups excluding carboxylic acids is 1. The van der Waals surface area contributed by atoms with Gasteiger partial charge in [0.1, 0.15) is 0 Å². The summed E-state index contributed by atoms with van der Waals surface area (Å²) in [7, 11) is 0. The fourth-order valence-electron chi connectivity index (χ4n) is 1.77. The molecule has 1 atom stereocenters. The molecule has 0 saturated heterocycles. The van der Waals surface area contributed by atoms with Crippen molar-refractivity contribution in [2.45, 2.75) is 25.4 Å².